The molecule has 0 radical (unpaired) electrons. The fourth-order valence-electron chi connectivity index (χ4n) is 4.10. The first-order valence-corrected chi connectivity index (χ1v) is 16.3. The van der Waals surface area contributed by atoms with Crippen molar-refractivity contribution in [3.63, 3.8) is 0 Å². The van der Waals surface area contributed by atoms with Crippen LogP contribution in [0.2, 0.25) is 0 Å². The zero-order chi connectivity index (χ0) is 23.6. The fourth-order valence-corrected chi connectivity index (χ4v) is 5.96. The van der Waals surface area contributed by atoms with Crippen LogP contribution in [-0.4, -0.2) is 19.4 Å². The molecule has 0 amide bonds. The molecular weight excluding hydrogens is 415 g/mol. The van der Waals surface area contributed by atoms with Crippen molar-refractivity contribution in [2.24, 2.45) is 0 Å². The minimum atomic E-state index is -2.87. The second kappa shape index (κ2) is 25.8. The van der Waals surface area contributed by atoms with Gasteiger partial charge in [0.2, 0.25) is 0 Å². The second-order valence-corrected chi connectivity index (χ2v) is 11.9. The molecule has 1 atom stereocenters. The Balaban J connectivity index is 3.51. The predicted molar refractivity (Wildman–Crippen MR) is 143 cm³/mol. The Labute approximate surface area is 202 Å². The topological polar surface area (TPSA) is 35.5 Å². The van der Waals surface area contributed by atoms with Gasteiger partial charge in [-0.25, -0.2) is 0 Å². The van der Waals surface area contributed by atoms with Gasteiger partial charge in [0, 0.05) is 0 Å². The van der Waals surface area contributed by atoms with Gasteiger partial charge in [-0.3, -0.25) is 4.57 Å². The zero-order valence-corrected chi connectivity index (χ0v) is 23.2. The summed E-state index contributed by atoms with van der Waals surface area (Å²) in [5, 5.41) is 0. The molecule has 1 unspecified atom stereocenters. The molecule has 32 heavy (non-hydrogen) atoms. The quantitative estimate of drug-likeness (QED) is 0.0877. The van der Waals surface area contributed by atoms with E-state index >= 15 is 0 Å². The van der Waals surface area contributed by atoms with E-state index in [1.807, 2.05) is 0 Å². The molecule has 0 bridgehead atoms. The number of hydrogen-bond acceptors (Lipinski definition) is 3. The van der Waals surface area contributed by atoms with Crippen LogP contribution in [0.4, 0.5) is 0 Å². The lowest BCUT2D eigenvalue weighted by Gasteiger charge is -2.18. The highest BCUT2D eigenvalue weighted by molar-refractivity contribution is 7.53. The summed E-state index contributed by atoms with van der Waals surface area (Å²) >= 11 is 0. The lowest BCUT2D eigenvalue weighted by Crippen LogP contribution is -2.03. The Bertz CT molecular complexity index is 400. The molecule has 3 nitrogen and oxygen atoms in total. The highest BCUT2D eigenvalue weighted by Gasteiger charge is 2.23. The van der Waals surface area contributed by atoms with E-state index in [0.29, 0.717) is 19.4 Å². The predicted octanol–water partition coefficient (Wildman–Crippen LogP) is 10.9. The van der Waals surface area contributed by atoms with Gasteiger partial charge in [-0.1, -0.05) is 143 Å². The maximum atomic E-state index is 12.9. The van der Waals surface area contributed by atoms with Crippen LogP contribution in [0.3, 0.4) is 0 Å². The molecule has 0 rings (SSSR count). The van der Waals surface area contributed by atoms with Crippen molar-refractivity contribution >= 4 is 7.60 Å². The first-order valence-electron chi connectivity index (χ1n) is 14.6. The average molecular weight is 475 g/mol. The van der Waals surface area contributed by atoms with E-state index in [9.17, 15) is 4.57 Å². The molecular formula is C28H59O3P. The summed E-state index contributed by atoms with van der Waals surface area (Å²) in [4.78, 5) is 0. The fraction of sp³-hybridized carbons (Fsp3) is 1.00. The molecule has 0 aliphatic carbocycles. The molecule has 194 valence electrons. The molecule has 0 aromatic rings. The van der Waals surface area contributed by atoms with Crippen molar-refractivity contribution in [2.45, 2.75) is 162 Å². The van der Waals surface area contributed by atoms with Crippen molar-refractivity contribution in [3.05, 3.63) is 0 Å². The summed E-state index contributed by atoms with van der Waals surface area (Å²) < 4.78 is 24.5. The Kier molecular flexibility index (Phi) is 25.9. The van der Waals surface area contributed by atoms with Crippen molar-refractivity contribution in [2.75, 3.05) is 19.4 Å². The smallest absolute Gasteiger partial charge is 0.309 e. The lowest BCUT2D eigenvalue weighted by molar-refractivity contribution is 0.197. The van der Waals surface area contributed by atoms with Gasteiger partial charge in [0.05, 0.1) is 19.4 Å². The van der Waals surface area contributed by atoms with Crippen molar-refractivity contribution < 1.29 is 13.6 Å². The van der Waals surface area contributed by atoms with Gasteiger partial charge in [-0.15, -0.1) is 0 Å². The highest BCUT2D eigenvalue weighted by Crippen LogP contribution is 2.49. The molecule has 0 aromatic carbocycles. The van der Waals surface area contributed by atoms with E-state index in [-0.39, 0.29) is 0 Å². The van der Waals surface area contributed by atoms with Gasteiger partial charge in [-0.2, -0.15) is 0 Å². The van der Waals surface area contributed by atoms with E-state index in [0.717, 1.165) is 32.1 Å². The Hall–Kier alpha value is 0.150. The summed E-state index contributed by atoms with van der Waals surface area (Å²) in [6.45, 7) is 7.79. The maximum Gasteiger partial charge on any atom is 0.330 e. The van der Waals surface area contributed by atoms with Gasteiger partial charge in [0.25, 0.3) is 0 Å². The van der Waals surface area contributed by atoms with Gasteiger partial charge in [0.1, 0.15) is 0 Å². The number of unbranched alkanes of at least 4 members (excludes halogenated alkanes) is 19. The van der Waals surface area contributed by atoms with Gasteiger partial charge in [-0.05, 0) is 19.3 Å². The third-order valence-corrected chi connectivity index (χ3v) is 8.37. The Morgan fingerprint density at radius 2 is 0.688 bits per heavy atom. The lowest BCUT2D eigenvalue weighted by atomic mass is 10.0. The molecule has 0 aromatic heterocycles. The summed E-state index contributed by atoms with van der Waals surface area (Å²) in [6, 6.07) is 0. The molecule has 0 aliphatic heterocycles. The zero-order valence-electron chi connectivity index (χ0n) is 22.3. The Morgan fingerprint density at radius 1 is 0.406 bits per heavy atom. The Morgan fingerprint density at radius 3 is 1.03 bits per heavy atom. The van der Waals surface area contributed by atoms with Gasteiger partial charge >= 0.3 is 7.60 Å². The third kappa shape index (κ3) is 23.3. The van der Waals surface area contributed by atoms with Crippen LogP contribution in [0.1, 0.15) is 162 Å². The largest absolute Gasteiger partial charge is 0.330 e. The summed E-state index contributed by atoms with van der Waals surface area (Å²) in [7, 11) is -2.87. The molecule has 0 saturated heterocycles. The van der Waals surface area contributed by atoms with Gasteiger partial charge < -0.3 is 9.05 Å². The van der Waals surface area contributed by atoms with Crippen LogP contribution in [0.15, 0.2) is 0 Å². The minimum absolute atomic E-state index is 0.579. The molecule has 0 aliphatic rings. The van der Waals surface area contributed by atoms with Crippen LogP contribution >= 0.6 is 7.60 Å². The monoisotopic (exact) mass is 474 g/mol. The first-order chi connectivity index (χ1) is 15.7. The van der Waals surface area contributed by atoms with E-state index < -0.39 is 7.60 Å². The van der Waals surface area contributed by atoms with Crippen molar-refractivity contribution in [3.8, 4) is 0 Å². The van der Waals surface area contributed by atoms with Crippen LogP contribution < -0.4 is 0 Å². The van der Waals surface area contributed by atoms with Crippen LogP contribution in [0.25, 0.3) is 0 Å². The van der Waals surface area contributed by atoms with Crippen molar-refractivity contribution in [1.29, 1.82) is 0 Å². The van der Waals surface area contributed by atoms with E-state index in [1.165, 1.54) is 109 Å². The summed E-state index contributed by atoms with van der Waals surface area (Å²) in [6.07, 6.45) is 28.9. The summed E-state index contributed by atoms with van der Waals surface area (Å²) in [5.74, 6) is 0. The molecule has 0 saturated carbocycles. The number of hydrogen-bond donors (Lipinski definition) is 0. The van der Waals surface area contributed by atoms with E-state index in [2.05, 4.69) is 20.8 Å². The molecule has 0 spiro atoms. The standard InChI is InChI=1S/C28H59O3P/c1-4-7-10-12-13-14-15-16-17-18-19-20-21-22-23-25-27-31-32(29,28-9-6-3)30-26-24-11-8-5-2/h4-28H2,1-3H3. The van der Waals surface area contributed by atoms with E-state index in [1.54, 1.807) is 0 Å². The second-order valence-electron chi connectivity index (χ2n) is 9.72. The maximum absolute atomic E-state index is 12.9. The van der Waals surface area contributed by atoms with Crippen LogP contribution in [0, 0.1) is 0 Å². The normalized spacial score (nSPS) is 13.5. The van der Waals surface area contributed by atoms with Crippen molar-refractivity contribution in [1.82, 2.24) is 0 Å². The SMILES string of the molecule is CCCCCCCCCCCCCCCCCCOP(=O)(CCCC)OCCCCCC. The highest BCUT2D eigenvalue weighted by atomic mass is 31.2. The molecule has 0 heterocycles. The molecule has 4 heteroatoms. The average Bonchev–Trinajstić information content (AvgIpc) is 2.80. The minimum Gasteiger partial charge on any atom is -0.309 e. The van der Waals surface area contributed by atoms with E-state index in [4.69, 9.17) is 9.05 Å². The third-order valence-electron chi connectivity index (χ3n) is 6.36. The van der Waals surface area contributed by atoms with Crippen LogP contribution in [0.5, 0.6) is 0 Å². The number of rotatable bonds is 27. The van der Waals surface area contributed by atoms with Gasteiger partial charge in [0.15, 0.2) is 0 Å². The van der Waals surface area contributed by atoms with Crippen LogP contribution in [-0.2, 0) is 13.6 Å². The first kappa shape index (κ1) is 32.1. The summed E-state index contributed by atoms with van der Waals surface area (Å²) in [5.41, 5.74) is 0. The molecule has 0 fully saturated rings. The molecule has 0 N–H and O–H groups in total.